The van der Waals surface area contributed by atoms with Crippen molar-refractivity contribution in [1.29, 1.82) is 0 Å². The lowest BCUT2D eigenvalue weighted by atomic mass is 10.1. The van der Waals surface area contributed by atoms with Crippen LogP contribution in [0, 0.1) is 23.4 Å². The first-order chi connectivity index (χ1) is 9.77. The van der Waals surface area contributed by atoms with Crippen LogP contribution in [0.4, 0.5) is 13.2 Å². The van der Waals surface area contributed by atoms with Gasteiger partial charge in [-0.15, -0.1) is 0 Å². The number of esters is 1. The number of hydrogen-bond acceptors (Lipinski definition) is 4. The van der Waals surface area contributed by atoms with Gasteiger partial charge in [-0.2, -0.15) is 4.31 Å². The average molecular weight is 323 g/mol. The van der Waals surface area contributed by atoms with E-state index >= 15 is 0 Å². The monoisotopic (exact) mass is 323 g/mol. The van der Waals surface area contributed by atoms with Crippen LogP contribution in [0.1, 0.15) is 6.42 Å². The van der Waals surface area contributed by atoms with Gasteiger partial charge in [0, 0.05) is 25.2 Å². The van der Waals surface area contributed by atoms with Crippen molar-refractivity contribution < 1.29 is 31.1 Å². The first kappa shape index (κ1) is 15.8. The smallest absolute Gasteiger partial charge is 0.310 e. The highest BCUT2D eigenvalue weighted by Gasteiger charge is 2.39. The van der Waals surface area contributed by atoms with Gasteiger partial charge in [-0.25, -0.2) is 21.6 Å². The molecule has 0 spiro atoms. The number of halogens is 3. The van der Waals surface area contributed by atoms with Crippen molar-refractivity contribution in [3.8, 4) is 0 Å². The number of sulfonamides is 1. The van der Waals surface area contributed by atoms with Crippen molar-refractivity contribution in [3.63, 3.8) is 0 Å². The maximum atomic E-state index is 13.6. The van der Waals surface area contributed by atoms with Gasteiger partial charge >= 0.3 is 5.97 Å². The van der Waals surface area contributed by atoms with Gasteiger partial charge in [0.05, 0.1) is 13.0 Å². The zero-order chi connectivity index (χ0) is 15.8. The van der Waals surface area contributed by atoms with E-state index in [0.29, 0.717) is 12.1 Å². The van der Waals surface area contributed by atoms with Crippen LogP contribution in [-0.4, -0.2) is 38.9 Å². The van der Waals surface area contributed by atoms with E-state index in [-0.39, 0.29) is 19.5 Å². The minimum Gasteiger partial charge on any atom is -0.469 e. The highest BCUT2D eigenvalue weighted by Crippen LogP contribution is 2.28. The van der Waals surface area contributed by atoms with E-state index < -0.39 is 44.3 Å². The Morgan fingerprint density at radius 2 is 1.86 bits per heavy atom. The fraction of sp³-hybridized carbons (Fsp3) is 0.417. The highest BCUT2D eigenvalue weighted by molar-refractivity contribution is 7.89. The minimum absolute atomic E-state index is 0.0711. The Bertz CT molecular complexity index is 654. The predicted molar refractivity (Wildman–Crippen MR) is 65.2 cm³/mol. The van der Waals surface area contributed by atoms with Crippen LogP contribution < -0.4 is 0 Å². The maximum absolute atomic E-state index is 13.6. The van der Waals surface area contributed by atoms with E-state index in [1.165, 1.54) is 7.11 Å². The molecule has 1 heterocycles. The summed E-state index contributed by atoms with van der Waals surface area (Å²) in [5.74, 6) is -5.50. The molecule has 5 nitrogen and oxygen atoms in total. The van der Waals surface area contributed by atoms with Crippen LogP contribution in [-0.2, 0) is 19.6 Å². The van der Waals surface area contributed by atoms with Gasteiger partial charge in [0.1, 0.15) is 17.5 Å². The van der Waals surface area contributed by atoms with E-state index in [1.54, 1.807) is 0 Å². The predicted octanol–water partition coefficient (Wildman–Crippen LogP) is 1.29. The van der Waals surface area contributed by atoms with Crippen LogP contribution >= 0.6 is 0 Å². The van der Waals surface area contributed by atoms with Crippen molar-refractivity contribution in [2.75, 3.05) is 20.2 Å². The maximum Gasteiger partial charge on any atom is 0.310 e. The largest absolute Gasteiger partial charge is 0.469 e. The SMILES string of the molecule is COC(=O)C1CCN(S(=O)(=O)c2c(F)cc(F)cc2F)C1. The van der Waals surface area contributed by atoms with Crippen LogP contribution in [0.25, 0.3) is 0 Å². The molecule has 2 rings (SSSR count). The van der Waals surface area contributed by atoms with Gasteiger partial charge in [0.2, 0.25) is 10.0 Å². The van der Waals surface area contributed by atoms with Gasteiger partial charge in [-0.1, -0.05) is 0 Å². The zero-order valence-electron chi connectivity index (χ0n) is 11.0. The molecule has 1 aromatic carbocycles. The molecule has 1 aliphatic rings. The third-order valence-electron chi connectivity index (χ3n) is 3.25. The van der Waals surface area contributed by atoms with Crippen molar-refractivity contribution in [3.05, 3.63) is 29.6 Å². The fourth-order valence-corrected chi connectivity index (χ4v) is 3.80. The molecule has 9 heteroatoms. The zero-order valence-corrected chi connectivity index (χ0v) is 11.8. The third-order valence-corrected chi connectivity index (χ3v) is 5.16. The molecule has 0 bridgehead atoms. The van der Waals surface area contributed by atoms with E-state index in [2.05, 4.69) is 4.74 Å². The summed E-state index contributed by atoms with van der Waals surface area (Å²) in [5, 5.41) is 0. The van der Waals surface area contributed by atoms with Crippen LogP contribution in [0.3, 0.4) is 0 Å². The average Bonchev–Trinajstić information content (AvgIpc) is 2.86. The number of carbonyl (C=O) groups is 1. The molecule has 116 valence electrons. The number of carbonyl (C=O) groups excluding carboxylic acids is 1. The van der Waals surface area contributed by atoms with E-state index in [1.807, 2.05) is 0 Å². The first-order valence-corrected chi connectivity index (χ1v) is 7.44. The lowest BCUT2D eigenvalue weighted by Crippen LogP contribution is -2.31. The molecule has 1 fully saturated rings. The summed E-state index contributed by atoms with van der Waals surface area (Å²) in [4.78, 5) is 10.1. The molecule has 1 aromatic rings. The molecule has 0 N–H and O–H groups in total. The molecule has 1 saturated heterocycles. The molecule has 0 aliphatic carbocycles. The Morgan fingerprint density at radius 3 is 2.38 bits per heavy atom. The summed E-state index contributed by atoms with van der Waals surface area (Å²) in [6, 6.07) is 0.591. The normalized spacial score (nSPS) is 19.7. The summed E-state index contributed by atoms with van der Waals surface area (Å²) in [6.07, 6.45) is 0.191. The second kappa shape index (κ2) is 5.64. The van der Waals surface area contributed by atoms with Crippen LogP contribution in [0.5, 0.6) is 0 Å². The summed E-state index contributed by atoms with van der Waals surface area (Å²) >= 11 is 0. The summed E-state index contributed by atoms with van der Waals surface area (Å²) in [7, 11) is -3.32. The topological polar surface area (TPSA) is 63.7 Å². The van der Waals surface area contributed by atoms with Crippen molar-refractivity contribution in [1.82, 2.24) is 4.31 Å². The Morgan fingerprint density at radius 1 is 1.29 bits per heavy atom. The quantitative estimate of drug-likeness (QED) is 0.786. The Balaban J connectivity index is 2.34. The van der Waals surface area contributed by atoms with Crippen LogP contribution in [0.2, 0.25) is 0 Å². The van der Waals surface area contributed by atoms with Crippen molar-refractivity contribution in [2.45, 2.75) is 11.3 Å². The summed E-state index contributed by atoms with van der Waals surface area (Å²) in [6.45, 7) is -0.302. The standard InChI is InChI=1S/C12H12F3NO4S/c1-20-12(17)7-2-3-16(6-7)21(18,19)11-9(14)4-8(13)5-10(11)15/h4-5,7H,2-3,6H2,1H3. The Hall–Kier alpha value is -1.61. The first-order valence-electron chi connectivity index (χ1n) is 6.00. The minimum atomic E-state index is -4.48. The number of ether oxygens (including phenoxy) is 1. The molecule has 0 aromatic heterocycles. The number of nitrogens with zero attached hydrogens (tertiary/aromatic N) is 1. The molecule has 0 radical (unpaired) electrons. The van der Waals surface area contributed by atoms with Gasteiger partial charge < -0.3 is 4.74 Å². The Kier molecular flexibility index (Phi) is 4.24. The number of benzene rings is 1. The van der Waals surface area contributed by atoms with Gasteiger partial charge in [-0.05, 0) is 6.42 Å². The summed E-state index contributed by atoms with van der Waals surface area (Å²) < 4.78 is 69.8. The molecule has 21 heavy (non-hydrogen) atoms. The summed E-state index contributed by atoms with van der Waals surface area (Å²) in [5.41, 5.74) is 0. The number of methoxy groups -OCH3 is 1. The van der Waals surface area contributed by atoms with E-state index in [9.17, 15) is 26.4 Å². The van der Waals surface area contributed by atoms with Gasteiger partial charge in [-0.3, -0.25) is 4.79 Å². The molecule has 1 aliphatic heterocycles. The van der Waals surface area contributed by atoms with Crippen molar-refractivity contribution in [2.24, 2.45) is 5.92 Å². The lowest BCUT2D eigenvalue weighted by Gasteiger charge is -2.17. The molecular weight excluding hydrogens is 311 g/mol. The lowest BCUT2D eigenvalue weighted by molar-refractivity contribution is -0.144. The molecule has 0 amide bonds. The van der Waals surface area contributed by atoms with Crippen molar-refractivity contribution >= 4 is 16.0 Å². The highest BCUT2D eigenvalue weighted by atomic mass is 32.2. The third kappa shape index (κ3) is 2.88. The van der Waals surface area contributed by atoms with E-state index in [0.717, 1.165) is 4.31 Å². The second-order valence-corrected chi connectivity index (χ2v) is 6.45. The molecule has 1 atom stereocenters. The Labute approximate surface area is 119 Å². The fourth-order valence-electron chi connectivity index (χ4n) is 2.21. The van der Waals surface area contributed by atoms with Crippen LogP contribution in [0.15, 0.2) is 17.0 Å². The molecule has 0 saturated carbocycles. The molecular formula is C12H12F3NO4S. The van der Waals surface area contributed by atoms with Gasteiger partial charge in [0.15, 0.2) is 4.90 Å². The second-order valence-electron chi connectivity index (χ2n) is 4.57. The van der Waals surface area contributed by atoms with Gasteiger partial charge in [0.25, 0.3) is 0 Å². The molecule has 1 unspecified atom stereocenters. The van der Waals surface area contributed by atoms with E-state index in [4.69, 9.17) is 0 Å². The number of rotatable bonds is 3. The number of hydrogen-bond donors (Lipinski definition) is 0.